The van der Waals surface area contributed by atoms with E-state index < -0.39 is 0 Å². The second-order valence-electron chi connectivity index (χ2n) is 6.24. The molecule has 2 aromatic carbocycles. The number of aromatic nitrogens is 3. The van der Waals surface area contributed by atoms with Crippen LogP contribution in [0.2, 0.25) is 0 Å². The minimum atomic E-state index is -0.0625. The summed E-state index contributed by atoms with van der Waals surface area (Å²) in [4.78, 5) is 17.2. The summed E-state index contributed by atoms with van der Waals surface area (Å²) in [5.74, 6) is 0.110. The van der Waals surface area contributed by atoms with E-state index in [-0.39, 0.29) is 23.9 Å². The van der Waals surface area contributed by atoms with Gasteiger partial charge in [0.25, 0.3) is 5.56 Å². The number of hydrogen-bond acceptors (Lipinski definition) is 2. The predicted molar refractivity (Wildman–Crippen MR) is 106 cm³/mol. The summed E-state index contributed by atoms with van der Waals surface area (Å²) in [6.45, 7) is 2.47. The minimum absolute atomic E-state index is 0. The first-order valence-corrected chi connectivity index (χ1v) is 8.37. The normalized spacial score (nSPS) is 10.8. The van der Waals surface area contributed by atoms with Crippen molar-refractivity contribution in [3.63, 3.8) is 0 Å². The monoisotopic (exact) mass is 365 g/mol. The van der Waals surface area contributed by atoms with Crippen LogP contribution < -0.4 is 5.56 Å². The van der Waals surface area contributed by atoms with E-state index in [1.165, 1.54) is 11.1 Å². The Kier molecular flexibility index (Phi) is 5.24. The summed E-state index contributed by atoms with van der Waals surface area (Å²) >= 11 is 0. The lowest BCUT2D eigenvalue weighted by Gasteiger charge is -2.19. The van der Waals surface area contributed by atoms with E-state index in [2.05, 4.69) is 29.2 Å². The number of nitrogens with zero attached hydrogens (tertiary/aromatic N) is 3. The highest BCUT2D eigenvalue weighted by molar-refractivity contribution is 5.85. The van der Waals surface area contributed by atoms with Gasteiger partial charge in [0, 0.05) is 31.1 Å². The lowest BCUT2D eigenvalue weighted by molar-refractivity contribution is 0.602. The first kappa shape index (κ1) is 18.0. The van der Waals surface area contributed by atoms with Crippen LogP contribution in [0.1, 0.15) is 22.7 Å². The quantitative estimate of drug-likeness (QED) is 0.547. The average molecular weight is 366 g/mol. The molecule has 0 aliphatic heterocycles. The van der Waals surface area contributed by atoms with Gasteiger partial charge in [-0.1, -0.05) is 60.7 Å². The molecule has 0 atom stereocenters. The van der Waals surface area contributed by atoms with E-state index in [0.29, 0.717) is 12.2 Å². The molecular formula is C21H20ClN3O. The van der Waals surface area contributed by atoms with Crippen molar-refractivity contribution in [2.75, 3.05) is 0 Å². The third kappa shape index (κ3) is 3.41. The second kappa shape index (κ2) is 7.58. The van der Waals surface area contributed by atoms with E-state index in [0.717, 1.165) is 5.69 Å². The maximum absolute atomic E-state index is 12.8. The van der Waals surface area contributed by atoms with E-state index in [9.17, 15) is 4.79 Å². The number of benzene rings is 2. The topological polar surface area (TPSA) is 39.3 Å². The van der Waals surface area contributed by atoms with Gasteiger partial charge in [-0.2, -0.15) is 0 Å². The summed E-state index contributed by atoms with van der Waals surface area (Å²) in [7, 11) is 0. The summed E-state index contributed by atoms with van der Waals surface area (Å²) in [6, 6.07) is 20.6. The van der Waals surface area contributed by atoms with Crippen LogP contribution >= 0.6 is 12.4 Å². The SMILES string of the molecule is Cc1cn2ccn(CC(c3ccccc3)c3ccccc3)c(=O)c2n1.Cl. The molecule has 0 unspecified atom stereocenters. The molecule has 0 radical (unpaired) electrons. The third-order valence-corrected chi connectivity index (χ3v) is 4.50. The Morgan fingerprint density at radius 3 is 2.08 bits per heavy atom. The Hall–Kier alpha value is -2.85. The molecule has 4 nitrogen and oxygen atoms in total. The second-order valence-corrected chi connectivity index (χ2v) is 6.24. The number of fused-ring (bicyclic) bond motifs is 1. The van der Waals surface area contributed by atoms with Crippen molar-refractivity contribution in [2.45, 2.75) is 19.4 Å². The number of halogens is 1. The maximum atomic E-state index is 12.8. The van der Waals surface area contributed by atoms with Crippen molar-refractivity contribution in [3.8, 4) is 0 Å². The zero-order valence-corrected chi connectivity index (χ0v) is 15.3. The van der Waals surface area contributed by atoms with Gasteiger partial charge in [0.15, 0.2) is 0 Å². The summed E-state index contributed by atoms with van der Waals surface area (Å²) < 4.78 is 3.54. The van der Waals surface area contributed by atoms with Gasteiger partial charge < -0.3 is 8.97 Å². The summed E-state index contributed by atoms with van der Waals surface area (Å²) in [6.07, 6.45) is 5.60. The fourth-order valence-corrected chi connectivity index (χ4v) is 3.25. The highest BCUT2D eigenvalue weighted by atomic mass is 35.5. The van der Waals surface area contributed by atoms with Crippen molar-refractivity contribution < 1.29 is 0 Å². The van der Waals surface area contributed by atoms with Gasteiger partial charge in [0.05, 0.1) is 5.69 Å². The average Bonchev–Trinajstić information content (AvgIpc) is 3.04. The van der Waals surface area contributed by atoms with Gasteiger partial charge in [-0.25, -0.2) is 4.98 Å². The van der Waals surface area contributed by atoms with Crippen molar-refractivity contribution in [3.05, 3.63) is 106 Å². The van der Waals surface area contributed by atoms with E-state index >= 15 is 0 Å². The highest BCUT2D eigenvalue weighted by Crippen LogP contribution is 2.25. The van der Waals surface area contributed by atoms with E-state index in [1.807, 2.05) is 61.9 Å². The number of aryl methyl sites for hydroxylation is 1. The smallest absolute Gasteiger partial charge is 0.294 e. The molecule has 132 valence electrons. The fourth-order valence-electron chi connectivity index (χ4n) is 3.25. The zero-order chi connectivity index (χ0) is 17.2. The molecule has 2 aromatic heterocycles. The van der Waals surface area contributed by atoms with Crippen LogP contribution in [0, 0.1) is 6.92 Å². The minimum Gasteiger partial charge on any atom is -0.310 e. The molecule has 0 spiro atoms. The van der Waals surface area contributed by atoms with Crippen LogP contribution in [-0.4, -0.2) is 14.0 Å². The molecule has 0 fully saturated rings. The van der Waals surface area contributed by atoms with Crippen molar-refractivity contribution in [1.29, 1.82) is 0 Å². The zero-order valence-electron chi connectivity index (χ0n) is 14.4. The van der Waals surface area contributed by atoms with Crippen molar-refractivity contribution in [2.24, 2.45) is 0 Å². The van der Waals surface area contributed by atoms with Gasteiger partial charge in [-0.3, -0.25) is 4.79 Å². The molecule has 0 saturated carbocycles. The Morgan fingerprint density at radius 1 is 0.923 bits per heavy atom. The molecule has 0 aliphatic rings. The molecule has 4 aromatic rings. The number of hydrogen-bond donors (Lipinski definition) is 0. The predicted octanol–water partition coefficient (Wildman–Crippen LogP) is 4.06. The molecule has 0 bridgehead atoms. The molecule has 0 amide bonds. The molecular weight excluding hydrogens is 346 g/mol. The first-order chi connectivity index (χ1) is 12.2. The Bertz CT molecular complexity index is 1020. The Labute approximate surface area is 158 Å². The largest absolute Gasteiger partial charge is 0.310 e. The molecule has 5 heteroatoms. The molecule has 0 saturated heterocycles. The fraction of sp³-hybridized carbons (Fsp3) is 0.143. The highest BCUT2D eigenvalue weighted by Gasteiger charge is 2.16. The summed E-state index contributed by atoms with van der Waals surface area (Å²) in [5.41, 5.74) is 3.64. The number of imidazole rings is 1. The van der Waals surface area contributed by atoms with Gasteiger partial charge >= 0.3 is 0 Å². The molecule has 26 heavy (non-hydrogen) atoms. The standard InChI is InChI=1S/C21H19N3O.ClH/c1-16-14-23-12-13-24(21(25)20(23)22-16)15-19(17-8-4-2-5-9-17)18-10-6-3-7-11-18;/h2-14,19H,15H2,1H3;1H. The van der Waals surface area contributed by atoms with Crippen LogP contribution in [-0.2, 0) is 6.54 Å². The van der Waals surface area contributed by atoms with Crippen molar-refractivity contribution >= 4 is 18.1 Å². The number of rotatable bonds is 4. The maximum Gasteiger partial charge on any atom is 0.294 e. The van der Waals surface area contributed by atoms with Crippen LogP contribution in [0.5, 0.6) is 0 Å². The molecule has 0 N–H and O–H groups in total. The Morgan fingerprint density at radius 2 is 1.50 bits per heavy atom. The van der Waals surface area contributed by atoms with Crippen LogP contribution in [0.25, 0.3) is 5.65 Å². The van der Waals surface area contributed by atoms with Crippen molar-refractivity contribution in [1.82, 2.24) is 14.0 Å². The van der Waals surface area contributed by atoms with Gasteiger partial charge in [0.1, 0.15) is 0 Å². The van der Waals surface area contributed by atoms with Crippen LogP contribution in [0.4, 0.5) is 0 Å². The van der Waals surface area contributed by atoms with Crippen LogP contribution in [0.3, 0.4) is 0 Å². The molecule has 2 heterocycles. The van der Waals surface area contributed by atoms with Gasteiger partial charge in [0.2, 0.25) is 5.65 Å². The third-order valence-electron chi connectivity index (χ3n) is 4.50. The molecule has 0 aliphatic carbocycles. The van der Waals surface area contributed by atoms with E-state index in [4.69, 9.17) is 0 Å². The van der Waals surface area contributed by atoms with Gasteiger partial charge in [-0.05, 0) is 18.1 Å². The summed E-state index contributed by atoms with van der Waals surface area (Å²) in [5, 5.41) is 0. The van der Waals surface area contributed by atoms with Crippen LogP contribution in [0.15, 0.2) is 84.0 Å². The molecule has 4 rings (SSSR count). The van der Waals surface area contributed by atoms with Gasteiger partial charge in [-0.15, -0.1) is 12.4 Å². The van der Waals surface area contributed by atoms with E-state index in [1.54, 1.807) is 8.97 Å². The lowest BCUT2D eigenvalue weighted by atomic mass is 9.91. The Balaban J connectivity index is 0.00000196. The first-order valence-electron chi connectivity index (χ1n) is 8.37. The lowest BCUT2D eigenvalue weighted by Crippen LogP contribution is -2.25.